The lowest BCUT2D eigenvalue weighted by molar-refractivity contribution is -0.157. The van der Waals surface area contributed by atoms with Crippen LogP contribution in [-0.4, -0.2) is 52.1 Å². The predicted molar refractivity (Wildman–Crippen MR) is 108 cm³/mol. The molecule has 29 heavy (non-hydrogen) atoms. The zero-order valence-corrected chi connectivity index (χ0v) is 16.8. The Morgan fingerprint density at radius 2 is 1.76 bits per heavy atom. The normalized spacial score (nSPS) is 15.4. The molecule has 1 unspecified atom stereocenters. The van der Waals surface area contributed by atoms with Crippen LogP contribution < -0.4 is 5.32 Å². The molecule has 3 amide bonds. The van der Waals surface area contributed by atoms with Gasteiger partial charge in [-0.2, -0.15) is 0 Å². The molecule has 0 saturated carbocycles. The summed E-state index contributed by atoms with van der Waals surface area (Å²) in [7, 11) is 0. The van der Waals surface area contributed by atoms with Crippen LogP contribution in [0.1, 0.15) is 23.7 Å². The molecule has 152 valence electrons. The van der Waals surface area contributed by atoms with E-state index in [9.17, 15) is 14.4 Å². The van der Waals surface area contributed by atoms with Gasteiger partial charge in [-0.1, -0.05) is 42.8 Å². The van der Waals surface area contributed by atoms with Crippen LogP contribution in [0.3, 0.4) is 0 Å². The van der Waals surface area contributed by atoms with E-state index >= 15 is 0 Å². The first kappa shape index (κ1) is 20.5. The summed E-state index contributed by atoms with van der Waals surface area (Å²) in [6.45, 7) is 5.59. The lowest BCUT2D eigenvalue weighted by Gasteiger charge is -2.34. The summed E-state index contributed by atoms with van der Waals surface area (Å²) in [5.74, 6) is -1.65. The van der Waals surface area contributed by atoms with Crippen molar-refractivity contribution < 1.29 is 14.4 Å². The van der Waals surface area contributed by atoms with Crippen molar-refractivity contribution in [1.29, 1.82) is 0 Å². The molecule has 2 heterocycles. The van der Waals surface area contributed by atoms with Gasteiger partial charge in [0, 0.05) is 32.4 Å². The number of nitrogens with one attached hydrogen (secondary N) is 1. The fourth-order valence-electron chi connectivity index (χ4n) is 3.21. The molecule has 7 heteroatoms. The number of benzene rings is 1. The molecule has 1 fully saturated rings. The summed E-state index contributed by atoms with van der Waals surface area (Å²) in [5, 5.41) is 2.89. The number of pyridine rings is 1. The highest BCUT2D eigenvalue weighted by molar-refractivity contribution is 6.35. The van der Waals surface area contributed by atoms with Gasteiger partial charge in [0.05, 0.1) is 18.2 Å². The Morgan fingerprint density at radius 3 is 2.45 bits per heavy atom. The Bertz CT molecular complexity index is 867. The minimum Gasteiger partial charge on any atom is -0.352 e. The van der Waals surface area contributed by atoms with Crippen LogP contribution in [0.4, 0.5) is 0 Å². The molecule has 1 atom stereocenters. The molecule has 1 aliphatic rings. The van der Waals surface area contributed by atoms with Gasteiger partial charge in [-0.15, -0.1) is 0 Å². The molecular weight excluding hydrogens is 368 g/mol. The van der Waals surface area contributed by atoms with Crippen molar-refractivity contribution in [3.63, 3.8) is 0 Å². The van der Waals surface area contributed by atoms with Crippen molar-refractivity contribution in [2.24, 2.45) is 5.92 Å². The van der Waals surface area contributed by atoms with Crippen LogP contribution in [0.5, 0.6) is 0 Å². The second kappa shape index (κ2) is 9.32. The van der Waals surface area contributed by atoms with Crippen molar-refractivity contribution in [2.45, 2.75) is 26.9 Å². The molecule has 2 aromatic rings. The highest BCUT2D eigenvalue weighted by atomic mass is 16.2. The smallest absolute Gasteiger partial charge is 0.312 e. The molecule has 1 saturated heterocycles. The first-order chi connectivity index (χ1) is 13.9. The number of rotatable bonds is 7. The first-order valence-electron chi connectivity index (χ1n) is 9.75. The Hall–Kier alpha value is -3.22. The highest BCUT2D eigenvalue weighted by Crippen LogP contribution is 2.12. The van der Waals surface area contributed by atoms with E-state index in [1.54, 1.807) is 19.2 Å². The maximum absolute atomic E-state index is 12.5. The molecule has 0 aliphatic carbocycles. The highest BCUT2D eigenvalue weighted by Gasteiger charge is 2.34. The largest absolute Gasteiger partial charge is 0.352 e. The Kier molecular flexibility index (Phi) is 6.59. The van der Waals surface area contributed by atoms with Gasteiger partial charge in [-0.3, -0.25) is 19.4 Å². The van der Waals surface area contributed by atoms with E-state index in [0.29, 0.717) is 26.2 Å². The van der Waals surface area contributed by atoms with Crippen LogP contribution in [0.15, 0.2) is 48.7 Å². The molecule has 1 aromatic carbocycles. The van der Waals surface area contributed by atoms with Crippen LogP contribution in [-0.2, 0) is 27.5 Å². The molecule has 7 nitrogen and oxygen atoms in total. The molecule has 0 spiro atoms. The van der Waals surface area contributed by atoms with Gasteiger partial charge in [-0.25, -0.2) is 0 Å². The van der Waals surface area contributed by atoms with E-state index < -0.39 is 17.7 Å². The molecule has 1 aromatic heterocycles. The van der Waals surface area contributed by atoms with Gasteiger partial charge in [-0.05, 0) is 24.6 Å². The summed E-state index contributed by atoms with van der Waals surface area (Å²) in [6, 6.07) is 13.4. The van der Waals surface area contributed by atoms with Crippen molar-refractivity contribution in [2.75, 3.05) is 19.6 Å². The van der Waals surface area contributed by atoms with Crippen LogP contribution >= 0.6 is 0 Å². The summed E-state index contributed by atoms with van der Waals surface area (Å²) >= 11 is 0. The summed E-state index contributed by atoms with van der Waals surface area (Å²) in [4.78, 5) is 44.5. The molecule has 1 N–H and O–H groups in total. The van der Waals surface area contributed by atoms with Gasteiger partial charge in [0.1, 0.15) is 0 Å². The molecule has 0 bridgehead atoms. The van der Waals surface area contributed by atoms with Gasteiger partial charge in [0.15, 0.2) is 0 Å². The topological polar surface area (TPSA) is 82.6 Å². The summed E-state index contributed by atoms with van der Waals surface area (Å²) < 4.78 is 0. The quantitative estimate of drug-likeness (QED) is 0.722. The average molecular weight is 394 g/mol. The predicted octanol–water partition coefficient (Wildman–Crippen LogP) is 1.51. The van der Waals surface area contributed by atoms with Gasteiger partial charge < -0.3 is 15.1 Å². The van der Waals surface area contributed by atoms with Crippen molar-refractivity contribution in [3.05, 3.63) is 65.5 Å². The number of hydrogen-bond acceptors (Lipinski definition) is 4. The number of aryl methyl sites for hydroxylation is 1. The van der Waals surface area contributed by atoms with E-state index in [0.717, 1.165) is 11.3 Å². The summed E-state index contributed by atoms with van der Waals surface area (Å²) in [5.41, 5.74) is 2.93. The third-order valence-corrected chi connectivity index (χ3v) is 5.01. The third-order valence-electron chi connectivity index (χ3n) is 5.01. The zero-order valence-electron chi connectivity index (χ0n) is 16.8. The third kappa shape index (κ3) is 5.40. The van der Waals surface area contributed by atoms with Crippen molar-refractivity contribution >= 4 is 17.7 Å². The number of piperazine rings is 1. The minimum atomic E-state index is -0.564. The van der Waals surface area contributed by atoms with Crippen LogP contribution in [0.25, 0.3) is 0 Å². The van der Waals surface area contributed by atoms with E-state index in [-0.39, 0.29) is 12.5 Å². The maximum Gasteiger partial charge on any atom is 0.312 e. The fourth-order valence-corrected chi connectivity index (χ4v) is 3.21. The molecule has 0 radical (unpaired) electrons. The lowest BCUT2D eigenvalue weighted by atomic mass is 10.1. The standard InChI is InChI=1S/C22H26N4O3/c1-16-6-8-18(9-7-16)13-24-20(27)17(2)14-25-11-12-26(22(29)21(25)28)15-19-5-3-4-10-23-19/h3-10,17H,11-15H2,1-2H3,(H,24,27). The van der Waals surface area contributed by atoms with Gasteiger partial charge >= 0.3 is 11.8 Å². The van der Waals surface area contributed by atoms with Gasteiger partial charge in [0.2, 0.25) is 5.91 Å². The minimum absolute atomic E-state index is 0.137. The number of amides is 3. The molecule has 3 rings (SSSR count). The van der Waals surface area contributed by atoms with Crippen LogP contribution in [0.2, 0.25) is 0 Å². The number of aromatic nitrogens is 1. The Morgan fingerprint density at radius 1 is 1.07 bits per heavy atom. The van der Waals surface area contributed by atoms with E-state index in [1.807, 2.05) is 43.3 Å². The van der Waals surface area contributed by atoms with Gasteiger partial charge in [0.25, 0.3) is 0 Å². The number of carbonyl (C=O) groups excluding carboxylic acids is 3. The second-order valence-electron chi connectivity index (χ2n) is 7.40. The molecular formula is C22H26N4O3. The number of carbonyl (C=O) groups is 3. The maximum atomic E-state index is 12.5. The average Bonchev–Trinajstić information content (AvgIpc) is 2.73. The van der Waals surface area contributed by atoms with E-state index in [4.69, 9.17) is 0 Å². The Balaban J connectivity index is 1.49. The first-order valence-corrected chi connectivity index (χ1v) is 9.75. The second-order valence-corrected chi connectivity index (χ2v) is 7.40. The lowest BCUT2D eigenvalue weighted by Crippen LogP contribution is -2.55. The number of hydrogen-bond donors (Lipinski definition) is 1. The molecule has 1 aliphatic heterocycles. The summed E-state index contributed by atoms with van der Waals surface area (Å²) in [6.07, 6.45) is 1.66. The fraction of sp³-hybridized carbons (Fsp3) is 0.364. The Labute approximate surface area is 170 Å². The number of nitrogens with zero attached hydrogens (tertiary/aromatic N) is 3. The SMILES string of the molecule is Cc1ccc(CNC(=O)C(C)CN2CCN(Cc3ccccn3)C(=O)C2=O)cc1. The van der Waals surface area contributed by atoms with Crippen LogP contribution in [0, 0.1) is 12.8 Å². The van der Waals surface area contributed by atoms with E-state index in [1.165, 1.54) is 15.4 Å². The monoisotopic (exact) mass is 394 g/mol. The van der Waals surface area contributed by atoms with Crippen molar-refractivity contribution in [1.82, 2.24) is 20.1 Å². The van der Waals surface area contributed by atoms with E-state index in [2.05, 4.69) is 10.3 Å². The zero-order chi connectivity index (χ0) is 20.8. The van der Waals surface area contributed by atoms with Crippen molar-refractivity contribution in [3.8, 4) is 0 Å².